The van der Waals surface area contributed by atoms with Crippen LogP contribution in [-0.4, -0.2) is 16.8 Å². The lowest BCUT2D eigenvalue weighted by Gasteiger charge is -2.13. The van der Waals surface area contributed by atoms with Crippen molar-refractivity contribution in [3.05, 3.63) is 28.8 Å². The lowest BCUT2D eigenvalue weighted by atomic mass is 10.0. The second-order valence-electron chi connectivity index (χ2n) is 3.33. The van der Waals surface area contributed by atoms with Crippen LogP contribution in [0.4, 0.5) is 8.78 Å². The molecule has 3 nitrogen and oxygen atoms in total. The number of hydrogen-bond donors (Lipinski definition) is 3. The van der Waals surface area contributed by atoms with Gasteiger partial charge in [-0.25, -0.2) is 8.78 Å². The van der Waals surface area contributed by atoms with E-state index in [2.05, 4.69) is 0 Å². The Bertz CT molecular complexity index is 356. The molecule has 0 aliphatic rings. The Kier molecular flexibility index (Phi) is 3.60. The highest BCUT2D eigenvalue weighted by atomic mass is 19.3. The van der Waals surface area contributed by atoms with Gasteiger partial charge in [-0.05, 0) is 30.2 Å². The molecule has 0 heterocycles. The summed E-state index contributed by atoms with van der Waals surface area (Å²) in [5.74, 6) is -0.432. The first kappa shape index (κ1) is 11.9. The molecule has 0 saturated carbocycles. The Labute approximate surface area is 86.2 Å². The van der Waals surface area contributed by atoms with E-state index in [9.17, 15) is 19.0 Å². The van der Waals surface area contributed by atoms with Crippen molar-refractivity contribution in [2.24, 2.45) is 5.73 Å². The minimum absolute atomic E-state index is 0.0487. The zero-order valence-corrected chi connectivity index (χ0v) is 8.24. The lowest BCUT2D eigenvalue weighted by molar-refractivity contribution is 0.146. The van der Waals surface area contributed by atoms with Gasteiger partial charge < -0.3 is 15.9 Å². The van der Waals surface area contributed by atoms with Crippen LogP contribution in [0.5, 0.6) is 5.75 Å². The van der Waals surface area contributed by atoms with Crippen LogP contribution in [0, 0.1) is 6.92 Å². The number of aliphatic hydroxyl groups excluding tert-OH is 1. The molecule has 0 fully saturated rings. The van der Waals surface area contributed by atoms with Gasteiger partial charge in [0, 0.05) is 6.54 Å². The van der Waals surface area contributed by atoms with Gasteiger partial charge in [0.15, 0.2) is 0 Å². The minimum atomic E-state index is -2.77. The molecule has 1 atom stereocenters. The molecule has 84 valence electrons. The fourth-order valence-corrected chi connectivity index (χ4v) is 1.33. The lowest BCUT2D eigenvalue weighted by Crippen LogP contribution is -2.12. The molecule has 0 saturated heterocycles. The first-order valence-electron chi connectivity index (χ1n) is 4.47. The number of nitrogens with two attached hydrogens (primary N) is 1. The Morgan fingerprint density at radius 1 is 1.40 bits per heavy atom. The summed E-state index contributed by atoms with van der Waals surface area (Å²) < 4.78 is 25.0. The minimum Gasteiger partial charge on any atom is -0.507 e. The predicted octanol–water partition coefficient (Wildman–Crippen LogP) is 1.63. The van der Waals surface area contributed by atoms with Crippen molar-refractivity contribution in [2.75, 3.05) is 6.54 Å². The van der Waals surface area contributed by atoms with E-state index in [4.69, 9.17) is 5.73 Å². The van der Waals surface area contributed by atoms with E-state index in [1.165, 1.54) is 13.0 Å². The van der Waals surface area contributed by atoms with E-state index >= 15 is 0 Å². The summed E-state index contributed by atoms with van der Waals surface area (Å²) in [4.78, 5) is 0. The van der Waals surface area contributed by atoms with Gasteiger partial charge in [0.25, 0.3) is 6.43 Å². The standard InChI is InChI=1S/C10H13F2NO2/c1-5-2-6(8(14)4-13)3-7(9(5)15)10(11)12/h2-3,8,10,14-15H,4,13H2,1H3. The van der Waals surface area contributed by atoms with Crippen LogP contribution in [0.2, 0.25) is 0 Å². The number of rotatable bonds is 3. The molecule has 0 spiro atoms. The number of aryl methyl sites for hydroxylation is 1. The summed E-state index contributed by atoms with van der Waals surface area (Å²) in [6, 6.07) is 2.52. The number of aromatic hydroxyl groups is 1. The zero-order chi connectivity index (χ0) is 11.6. The van der Waals surface area contributed by atoms with Gasteiger partial charge in [0.05, 0.1) is 11.7 Å². The zero-order valence-electron chi connectivity index (χ0n) is 8.24. The largest absolute Gasteiger partial charge is 0.507 e. The third kappa shape index (κ3) is 2.43. The van der Waals surface area contributed by atoms with Crippen molar-refractivity contribution in [3.63, 3.8) is 0 Å². The van der Waals surface area contributed by atoms with Crippen molar-refractivity contribution < 1.29 is 19.0 Å². The van der Waals surface area contributed by atoms with Gasteiger partial charge in [-0.2, -0.15) is 0 Å². The number of aliphatic hydroxyl groups is 1. The van der Waals surface area contributed by atoms with Crippen molar-refractivity contribution in [2.45, 2.75) is 19.5 Å². The number of phenolic OH excluding ortho intramolecular Hbond substituents is 1. The Balaban J connectivity index is 3.23. The van der Waals surface area contributed by atoms with Crippen LogP contribution in [0.15, 0.2) is 12.1 Å². The van der Waals surface area contributed by atoms with E-state index in [1.807, 2.05) is 0 Å². The molecule has 15 heavy (non-hydrogen) atoms. The topological polar surface area (TPSA) is 66.5 Å². The molecule has 1 unspecified atom stereocenters. The van der Waals surface area contributed by atoms with E-state index in [-0.39, 0.29) is 6.54 Å². The molecule has 5 heteroatoms. The normalized spacial score (nSPS) is 13.2. The van der Waals surface area contributed by atoms with Crippen LogP contribution < -0.4 is 5.73 Å². The maximum absolute atomic E-state index is 12.5. The molecule has 0 aliphatic carbocycles. The van der Waals surface area contributed by atoms with E-state index in [1.54, 1.807) is 0 Å². The van der Waals surface area contributed by atoms with Crippen LogP contribution in [-0.2, 0) is 0 Å². The van der Waals surface area contributed by atoms with Crippen molar-refractivity contribution in [1.29, 1.82) is 0 Å². The van der Waals surface area contributed by atoms with Gasteiger partial charge in [-0.15, -0.1) is 0 Å². The van der Waals surface area contributed by atoms with E-state index in [0.29, 0.717) is 11.1 Å². The highest BCUT2D eigenvalue weighted by Crippen LogP contribution is 2.33. The summed E-state index contributed by atoms with van der Waals surface area (Å²) in [7, 11) is 0. The van der Waals surface area contributed by atoms with E-state index < -0.39 is 23.8 Å². The Morgan fingerprint density at radius 3 is 2.47 bits per heavy atom. The molecule has 1 aromatic carbocycles. The Morgan fingerprint density at radius 2 is 2.00 bits per heavy atom. The molecular weight excluding hydrogens is 204 g/mol. The number of alkyl halides is 2. The summed E-state index contributed by atoms with van der Waals surface area (Å²) >= 11 is 0. The number of hydrogen-bond acceptors (Lipinski definition) is 3. The quantitative estimate of drug-likeness (QED) is 0.720. The van der Waals surface area contributed by atoms with Crippen LogP contribution >= 0.6 is 0 Å². The summed E-state index contributed by atoms with van der Waals surface area (Å²) in [5.41, 5.74) is 5.34. The molecule has 0 aliphatic heterocycles. The van der Waals surface area contributed by atoms with Gasteiger partial charge in [-0.1, -0.05) is 0 Å². The number of benzene rings is 1. The summed E-state index contributed by atoms with van der Waals surface area (Å²) in [6.45, 7) is 1.45. The summed E-state index contributed by atoms with van der Waals surface area (Å²) in [6.07, 6.45) is -3.75. The van der Waals surface area contributed by atoms with Crippen molar-refractivity contribution in [1.82, 2.24) is 0 Å². The third-order valence-electron chi connectivity index (χ3n) is 2.20. The maximum Gasteiger partial charge on any atom is 0.267 e. The SMILES string of the molecule is Cc1cc(C(O)CN)cc(C(F)F)c1O. The average Bonchev–Trinajstić information content (AvgIpc) is 2.20. The molecular formula is C10H13F2NO2. The van der Waals surface area contributed by atoms with E-state index in [0.717, 1.165) is 6.07 Å². The molecule has 1 aromatic rings. The van der Waals surface area contributed by atoms with Gasteiger partial charge >= 0.3 is 0 Å². The molecule has 1 rings (SSSR count). The first-order chi connectivity index (χ1) is 6.97. The second kappa shape index (κ2) is 4.55. The average molecular weight is 217 g/mol. The number of halogens is 2. The van der Waals surface area contributed by atoms with Crippen LogP contribution in [0.25, 0.3) is 0 Å². The van der Waals surface area contributed by atoms with Gasteiger partial charge in [-0.3, -0.25) is 0 Å². The van der Waals surface area contributed by atoms with Crippen molar-refractivity contribution >= 4 is 0 Å². The van der Waals surface area contributed by atoms with Crippen LogP contribution in [0.1, 0.15) is 29.2 Å². The van der Waals surface area contributed by atoms with Crippen molar-refractivity contribution in [3.8, 4) is 5.75 Å². The van der Waals surface area contributed by atoms with Gasteiger partial charge in [0.2, 0.25) is 0 Å². The fourth-order valence-electron chi connectivity index (χ4n) is 1.33. The highest BCUT2D eigenvalue weighted by Gasteiger charge is 2.17. The first-order valence-corrected chi connectivity index (χ1v) is 4.47. The number of phenols is 1. The fraction of sp³-hybridized carbons (Fsp3) is 0.400. The van der Waals surface area contributed by atoms with Gasteiger partial charge in [0.1, 0.15) is 5.75 Å². The molecule has 4 N–H and O–H groups in total. The molecule has 0 radical (unpaired) electrons. The monoisotopic (exact) mass is 217 g/mol. The Hall–Kier alpha value is -1.20. The third-order valence-corrected chi connectivity index (χ3v) is 2.20. The maximum atomic E-state index is 12.5. The van der Waals surface area contributed by atoms with Crippen LogP contribution in [0.3, 0.4) is 0 Å². The summed E-state index contributed by atoms with van der Waals surface area (Å²) in [5, 5.41) is 18.8. The highest BCUT2D eigenvalue weighted by molar-refractivity contribution is 5.44. The molecule has 0 amide bonds. The molecule has 0 bridgehead atoms. The molecule has 0 aromatic heterocycles. The smallest absolute Gasteiger partial charge is 0.267 e. The predicted molar refractivity (Wildman–Crippen MR) is 51.8 cm³/mol. The second-order valence-corrected chi connectivity index (χ2v) is 3.33.